The van der Waals surface area contributed by atoms with E-state index in [1.54, 1.807) is 25.4 Å². The number of anilines is 1. The van der Waals surface area contributed by atoms with E-state index in [0.29, 0.717) is 5.69 Å². The van der Waals surface area contributed by atoms with Crippen molar-refractivity contribution in [2.24, 2.45) is 0 Å². The molecule has 3 nitrogen and oxygen atoms in total. The van der Waals surface area contributed by atoms with Gasteiger partial charge in [0.25, 0.3) is 0 Å². The minimum absolute atomic E-state index is 0.218. The third-order valence-electron chi connectivity index (χ3n) is 3.74. The average Bonchev–Trinajstić information content (AvgIpc) is 3.09. The standard InChI is InChI=1S/C19H22FN3/c1-4-15(6-5-14(2)18-11-12-22-23-18)7-8-16-9-10-19(21-3)17(20)13-16/h4-6,9-13,21H,1,7-8H2,2-3H3,(H,22,23)/b14-5+,15-6+. The number of nitrogens with one attached hydrogen (secondary N) is 2. The molecule has 2 N–H and O–H groups in total. The highest BCUT2D eigenvalue weighted by atomic mass is 19.1. The first-order valence-corrected chi connectivity index (χ1v) is 7.60. The SMILES string of the molecule is C=C/C(=C\C=C(/C)c1ccn[nH]1)CCc1ccc(NC)c(F)c1. The van der Waals surface area contributed by atoms with Gasteiger partial charge in [-0.15, -0.1) is 0 Å². The van der Waals surface area contributed by atoms with Crippen LogP contribution < -0.4 is 5.32 Å². The van der Waals surface area contributed by atoms with Crippen LogP contribution in [0.4, 0.5) is 10.1 Å². The highest BCUT2D eigenvalue weighted by molar-refractivity contribution is 5.62. The van der Waals surface area contributed by atoms with E-state index in [9.17, 15) is 4.39 Å². The summed E-state index contributed by atoms with van der Waals surface area (Å²) in [4.78, 5) is 0. The van der Waals surface area contributed by atoms with Crippen LogP contribution in [0.5, 0.6) is 0 Å². The van der Waals surface area contributed by atoms with Gasteiger partial charge in [-0.25, -0.2) is 4.39 Å². The molecule has 1 aromatic heterocycles. The smallest absolute Gasteiger partial charge is 0.146 e. The molecule has 23 heavy (non-hydrogen) atoms. The molecule has 120 valence electrons. The van der Waals surface area contributed by atoms with Gasteiger partial charge >= 0.3 is 0 Å². The van der Waals surface area contributed by atoms with Crippen molar-refractivity contribution in [3.63, 3.8) is 0 Å². The largest absolute Gasteiger partial charge is 0.386 e. The first-order valence-electron chi connectivity index (χ1n) is 7.60. The lowest BCUT2D eigenvalue weighted by atomic mass is 10.0. The molecule has 2 aromatic rings. The Bertz CT molecular complexity index is 712. The van der Waals surface area contributed by atoms with Gasteiger partial charge in [0.15, 0.2) is 0 Å². The van der Waals surface area contributed by atoms with Crippen molar-refractivity contribution < 1.29 is 4.39 Å². The Labute approximate surface area is 136 Å². The lowest BCUT2D eigenvalue weighted by Crippen LogP contribution is -1.95. The molecule has 4 heteroatoms. The maximum Gasteiger partial charge on any atom is 0.146 e. The quantitative estimate of drug-likeness (QED) is 0.725. The number of benzene rings is 1. The summed E-state index contributed by atoms with van der Waals surface area (Å²) in [5.41, 5.74) is 4.71. The Morgan fingerprint density at radius 3 is 2.78 bits per heavy atom. The van der Waals surface area contributed by atoms with Gasteiger partial charge < -0.3 is 5.32 Å². The number of allylic oxidation sites excluding steroid dienone is 5. The van der Waals surface area contributed by atoms with Crippen LogP contribution in [0.1, 0.15) is 24.6 Å². The monoisotopic (exact) mass is 311 g/mol. The van der Waals surface area contributed by atoms with E-state index in [1.807, 2.05) is 37.3 Å². The maximum atomic E-state index is 13.8. The van der Waals surface area contributed by atoms with E-state index in [1.165, 1.54) is 0 Å². The molecule has 0 saturated heterocycles. The summed E-state index contributed by atoms with van der Waals surface area (Å²) in [5, 5.41) is 9.70. The molecule has 0 atom stereocenters. The molecular weight excluding hydrogens is 289 g/mol. The van der Waals surface area contributed by atoms with Crippen molar-refractivity contribution in [1.29, 1.82) is 0 Å². The summed E-state index contributed by atoms with van der Waals surface area (Å²) in [6.07, 6.45) is 9.24. The normalized spacial score (nSPS) is 12.3. The van der Waals surface area contributed by atoms with Crippen molar-refractivity contribution >= 4 is 11.3 Å². The van der Waals surface area contributed by atoms with E-state index in [2.05, 4.69) is 22.1 Å². The van der Waals surface area contributed by atoms with E-state index in [0.717, 1.165) is 35.2 Å². The number of hydrogen-bond acceptors (Lipinski definition) is 2. The summed E-state index contributed by atoms with van der Waals surface area (Å²) in [6.45, 7) is 5.88. The van der Waals surface area contributed by atoms with Crippen LogP contribution in [0.3, 0.4) is 0 Å². The van der Waals surface area contributed by atoms with Crippen molar-refractivity contribution in [2.45, 2.75) is 19.8 Å². The molecule has 2 rings (SSSR count). The molecule has 0 aliphatic heterocycles. The Hall–Kier alpha value is -2.62. The Balaban J connectivity index is 2.02. The first kappa shape index (κ1) is 16.7. The second-order valence-corrected chi connectivity index (χ2v) is 5.33. The number of aromatic amines is 1. The fourth-order valence-corrected chi connectivity index (χ4v) is 2.26. The lowest BCUT2D eigenvalue weighted by molar-refractivity contribution is 0.629. The molecule has 0 fully saturated rings. The van der Waals surface area contributed by atoms with Gasteiger partial charge in [0.1, 0.15) is 5.82 Å². The van der Waals surface area contributed by atoms with Crippen molar-refractivity contribution in [1.82, 2.24) is 10.2 Å². The predicted octanol–water partition coefficient (Wildman–Crippen LogP) is 4.74. The summed E-state index contributed by atoms with van der Waals surface area (Å²) >= 11 is 0. The number of halogens is 1. The van der Waals surface area contributed by atoms with Crippen LogP contribution in [0, 0.1) is 5.82 Å². The molecule has 0 saturated carbocycles. The lowest BCUT2D eigenvalue weighted by Gasteiger charge is -2.06. The van der Waals surface area contributed by atoms with Crippen LogP contribution in [-0.4, -0.2) is 17.2 Å². The van der Waals surface area contributed by atoms with Gasteiger partial charge in [-0.1, -0.05) is 30.9 Å². The number of rotatable bonds is 7. The molecule has 0 unspecified atom stereocenters. The molecule has 0 radical (unpaired) electrons. The zero-order valence-electron chi connectivity index (χ0n) is 13.6. The fourth-order valence-electron chi connectivity index (χ4n) is 2.26. The van der Waals surface area contributed by atoms with Gasteiger partial charge in [0.2, 0.25) is 0 Å². The van der Waals surface area contributed by atoms with Crippen molar-refractivity contribution in [2.75, 3.05) is 12.4 Å². The second-order valence-electron chi connectivity index (χ2n) is 5.33. The fraction of sp³-hybridized carbons (Fsp3) is 0.211. The number of H-pyrrole nitrogens is 1. The molecule has 1 aromatic carbocycles. The van der Waals surface area contributed by atoms with E-state index in [-0.39, 0.29) is 5.82 Å². The predicted molar refractivity (Wildman–Crippen MR) is 94.8 cm³/mol. The van der Waals surface area contributed by atoms with Gasteiger partial charge in [-0.3, -0.25) is 5.10 Å². The summed E-state index contributed by atoms with van der Waals surface area (Å²) < 4.78 is 13.8. The second kappa shape index (κ2) is 8.13. The van der Waals surface area contributed by atoms with Crippen molar-refractivity contribution in [3.05, 3.63) is 77.9 Å². The summed E-state index contributed by atoms with van der Waals surface area (Å²) in [5.74, 6) is -0.218. The zero-order valence-corrected chi connectivity index (χ0v) is 13.6. The molecule has 0 bridgehead atoms. The minimum atomic E-state index is -0.218. The van der Waals surface area contributed by atoms with E-state index < -0.39 is 0 Å². The Kier molecular flexibility index (Phi) is 5.92. The first-order chi connectivity index (χ1) is 11.1. The third-order valence-corrected chi connectivity index (χ3v) is 3.74. The number of aryl methyl sites for hydroxylation is 1. The molecule has 0 aliphatic rings. The van der Waals surface area contributed by atoms with Gasteiger partial charge in [-0.2, -0.15) is 5.10 Å². The molecule has 0 amide bonds. The van der Waals surface area contributed by atoms with Crippen molar-refractivity contribution in [3.8, 4) is 0 Å². The van der Waals surface area contributed by atoms with Crippen LogP contribution in [0.15, 0.2) is 60.8 Å². The van der Waals surface area contributed by atoms with Crippen LogP contribution in [0.25, 0.3) is 5.57 Å². The summed E-state index contributed by atoms with van der Waals surface area (Å²) in [7, 11) is 1.71. The number of hydrogen-bond donors (Lipinski definition) is 2. The average molecular weight is 311 g/mol. The van der Waals surface area contributed by atoms with Gasteiger partial charge in [-0.05, 0) is 54.7 Å². The van der Waals surface area contributed by atoms with Crippen LogP contribution in [0.2, 0.25) is 0 Å². The van der Waals surface area contributed by atoms with E-state index in [4.69, 9.17) is 0 Å². The zero-order chi connectivity index (χ0) is 16.7. The molecule has 0 aliphatic carbocycles. The number of nitrogens with zero attached hydrogens (tertiary/aromatic N) is 1. The van der Waals surface area contributed by atoms with Crippen LogP contribution in [-0.2, 0) is 6.42 Å². The van der Waals surface area contributed by atoms with Gasteiger partial charge in [0, 0.05) is 13.2 Å². The van der Waals surface area contributed by atoms with Crippen LogP contribution >= 0.6 is 0 Å². The summed E-state index contributed by atoms with van der Waals surface area (Å²) in [6, 6.07) is 7.23. The third kappa shape index (κ3) is 4.68. The molecular formula is C19H22FN3. The minimum Gasteiger partial charge on any atom is -0.386 e. The van der Waals surface area contributed by atoms with E-state index >= 15 is 0 Å². The highest BCUT2D eigenvalue weighted by Crippen LogP contribution is 2.18. The molecule has 0 spiro atoms. The Morgan fingerprint density at radius 1 is 1.35 bits per heavy atom. The highest BCUT2D eigenvalue weighted by Gasteiger charge is 2.02. The Morgan fingerprint density at radius 2 is 2.17 bits per heavy atom. The topological polar surface area (TPSA) is 40.7 Å². The van der Waals surface area contributed by atoms with Gasteiger partial charge in [0.05, 0.1) is 11.4 Å². The maximum absolute atomic E-state index is 13.8. The molecule has 1 heterocycles. The number of aromatic nitrogens is 2.